The second kappa shape index (κ2) is 8.04. The summed E-state index contributed by atoms with van der Waals surface area (Å²) in [6, 6.07) is 6.69. The van der Waals surface area contributed by atoms with Gasteiger partial charge in [-0.25, -0.2) is 0 Å². The van der Waals surface area contributed by atoms with Crippen molar-refractivity contribution in [3.8, 4) is 5.88 Å². The lowest BCUT2D eigenvalue weighted by Crippen LogP contribution is -2.36. The van der Waals surface area contributed by atoms with E-state index in [4.69, 9.17) is 9.47 Å². The molecule has 0 atom stereocenters. The molecule has 3 rings (SSSR count). The summed E-state index contributed by atoms with van der Waals surface area (Å²) in [5.41, 5.74) is 1.20. The van der Waals surface area contributed by atoms with Gasteiger partial charge in [0.25, 0.3) is 11.8 Å². The van der Waals surface area contributed by atoms with Crippen LogP contribution in [-0.2, 0) is 9.53 Å². The van der Waals surface area contributed by atoms with Crippen LogP contribution in [0.25, 0.3) is 0 Å². The van der Waals surface area contributed by atoms with Gasteiger partial charge in [-0.2, -0.15) is 4.37 Å². The largest absolute Gasteiger partial charge is 0.464 e. The summed E-state index contributed by atoms with van der Waals surface area (Å²) >= 11 is 1.05. The number of anilines is 2. The van der Waals surface area contributed by atoms with Gasteiger partial charge < -0.3 is 19.7 Å². The van der Waals surface area contributed by atoms with Gasteiger partial charge in [0.05, 0.1) is 24.9 Å². The van der Waals surface area contributed by atoms with Gasteiger partial charge in [-0.15, -0.1) is 4.37 Å². The maximum atomic E-state index is 12.0. The van der Waals surface area contributed by atoms with E-state index in [0.29, 0.717) is 36.2 Å². The lowest BCUT2D eigenvalue weighted by Gasteiger charge is -2.26. The number of nitrogens with one attached hydrogen (secondary N) is 1. The number of carbonyl (C=O) groups excluding carboxylic acids is 2. The summed E-state index contributed by atoms with van der Waals surface area (Å²) in [5, 5.41) is 2.72. The first-order valence-electron chi connectivity index (χ1n) is 7.82. The van der Waals surface area contributed by atoms with Crippen molar-refractivity contribution >= 4 is 34.9 Å². The molecular formula is C16H18N4O4S. The van der Waals surface area contributed by atoms with E-state index in [1.807, 2.05) is 4.90 Å². The molecule has 0 unspecified atom stereocenters. The summed E-state index contributed by atoms with van der Waals surface area (Å²) < 4.78 is 19.2. The number of benzene rings is 1. The number of Topliss-reactive ketones (excluding diaryl/α,β-unsaturated/α-hetero) is 1. The van der Waals surface area contributed by atoms with Gasteiger partial charge in [0, 0.05) is 24.3 Å². The van der Waals surface area contributed by atoms with Crippen molar-refractivity contribution in [2.45, 2.75) is 6.92 Å². The van der Waals surface area contributed by atoms with Crippen molar-refractivity contribution in [3.05, 3.63) is 29.8 Å². The molecular weight excluding hydrogens is 344 g/mol. The molecule has 0 aliphatic carbocycles. The number of morpholine rings is 1. The average Bonchev–Trinajstić information content (AvgIpc) is 3.10. The summed E-state index contributed by atoms with van der Waals surface area (Å²) in [5.74, 6) is 0.672. The monoisotopic (exact) mass is 362 g/mol. The van der Waals surface area contributed by atoms with Crippen LogP contribution in [0.1, 0.15) is 17.3 Å². The third kappa shape index (κ3) is 4.52. The molecule has 1 fully saturated rings. The van der Waals surface area contributed by atoms with E-state index in [1.54, 1.807) is 24.3 Å². The van der Waals surface area contributed by atoms with Gasteiger partial charge in [-0.1, -0.05) is 0 Å². The van der Waals surface area contributed by atoms with Crippen molar-refractivity contribution in [1.29, 1.82) is 0 Å². The minimum absolute atomic E-state index is 0.0205. The highest BCUT2D eigenvalue weighted by molar-refractivity contribution is 6.99. The maximum Gasteiger partial charge on any atom is 0.271 e. The predicted octanol–water partition coefficient (Wildman–Crippen LogP) is 1.59. The Bertz CT molecular complexity index is 741. The number of ketones is 1. The molecule has 2 aromatic rings. The number of hydrogen-bond donors (Lipinski definition) is 1. The first-order valence-corrected chi connectivity index (χ1v) is 8.55. The molecule has 2 heterocycles. The van der Waals surface area contributed by atoms with E-state index in [0.717, 1.165) is 24.8 Å². The number of rotatable bonds is 6. The molecule has 1 aromatic carbocycles. The Morgan fingerprint density at radius 1 is 1.24 bits per heavy atom. The second-order valence-corrected chi connectivity index (χ2v) is 5.99. The third-order valence-electron chi connectivity index (χ3n) is 3.67. The third-order valence-corrected chi connectivity index (χ3v) is 4.17. The first-order chi connectivity index (χ1) is 12.1. The summed E-state index contributed by atoms with van der Waals surface area (Å²) in [6.45, 7) is 4.03. The molecule has 0 saturated carbocycles. The Kier molecular flexibility index (Phi) is 5.56. The van der Waals surface area contributed by atoms with Crippen molar-refractivity contribution in [1.82, 2.24) is 8.75 Å². The van der Waals surface area contributed by atoms with Crippen LogP contribution in [0.2, 0.25) is 0 Å². The highest BCUT2D eigenvalue weighted by atomic mass is 32.1. The number of hydrogen-bond acceptors (Lipinski definition) is 8. The standard InChI is InChI=1S/C16H18N4O4S/c1-11(21)12-2-4-13(5-3-12)17-14(22)10-24-16-15(18-25-19-16)20-6-8-23-9-7-20/h2-5H,6-10H2,1H3,(H,17,22). The minimum Gasteiger partial charge on any atom is -0.464 e. The molecule has 0 radical (unpaired) electrons. The van der Waals surface area contributed by atoms with Crippen LogP contribution >= 0.6 is 11.7 Å². The SMILES string of the molecule is CC(=O)c1ccc(NC(=O)COc2nsnc2N2CCOCC2)cc1. The molecule has 0 bridgehead atoms. The van der Waals surface area contributed by atoms with Crippen molar-refractivity contribution < 1.29 is 19.1 Å². The number of ether oxygens (including phenoxy) is 2. The molecule has 132 valence electrons. The lowest BCUT2D eigenvalue weighted by molar-refractivity contribution is -0.118. The van der Waals surface area contributed by atoms with E-state index in [2.05, 4.69) is 14.1 Å². The van der Waals surface area contributed by atoms with Crippen LogP contribution in [0.5, 0.6) is 5.88 Å². The van der Waals surface area contributed by atoms with Gasteiger partial charge in [-0.05, 0) is 31.2 Å². The summed E-state index contributed by atoms with van der Waals surface area (Å²) in [6.07, 6.45) is 0. The van der Waals surface area contributed by atoms with Gasteiger partial charge in [0.1, 0.15) is 0 Å². The van der Waals surface area contributed by atoms with Crippen molar-refractivity contribution in [3.63, 3.8) is 0 Å². The zero-order chi connectivity index (χ0) is 17.6. The molecule has 1 aliphatic heterocycles. The molecule has 1 N–H and O–H groups in total. The molecule has 1 aromatic heterocycles. The Morgan fingerprint density at radius 2 is 1.96 bits per heavy atom. The Labute approximate surface area is 149 Å². The molecule has 25 heavy (non-hydrogen) atoms. The van der Waals surface area contributed by atoms with E-state index >= 15 is 0 Å². The number of nitrogens with zero attached hydrogens (tertiary/aromatic N) is 3. The number of carbonyl (C=O) groups is 2. The predicted molar refractivity (Wildman–Crippen MR) is 93.5 cm³/mol. The Morgan fingerprint density at radius 3 is 2.64 bits per heavy atom. The first kappa shape index (κ1) is 17.3. The number of aromatic nitrogens is 2. The summed E-state index contributed by atoms with van der Waals surface area (Å²) in [4.78, 5) is 25.3. The van der Waals surface area contributed by atoms with Crippen LogP contribution < -0.4 is 15.0 Å². The highest BCUT2D eigenvalue weighted by Gasteiger charge is 2.20. The molecule has 9 heteroatoms. The molecule has 1 aliphatic rings. The van der Waals surface area contributed by atoms with Crippen LogP contribution in [0.4, 0.5) is 11.5 Å². The molecule has 0 spiro atoms. The van der Waals surface area contributed by atoms with Gasteiger partial charge in [0.15, 0.2) is 12.4 Å². The van der Waals surface area contributed by atoms with Crippen LogP contribution in [0, 0.1) is 0 Å². The maximum absolute atomic E-state index is 12.0. The lowest BCUT2D eigenvalue weighted by atomic mass is 10.1. The van der Waals surface area contributed by atoms with E-state index < -0.39 is 0 Å². The normalized spacial score (nSPS) is 14.2. The van der Waals surface area contributed by atoms with Crippen LogP contribution in [-0.4, -0.2) is 53.3 Å². The Hall–Kier alpha value is -2.52. The topological polar surface area (TPSA) is 93.7 Å². The fourth-order valence-corrected chi connectivity index (χ4v) is 2.87. The molecule has 1 amide bonds. The fraction of sp³-hybridized carbons (Fsp3) is 0.375. The average molecular weight is 362 g/mol. The van der Waals surface area contributed by atoms with Crippen LogP contribution in [0.15, 0.2) is 24.3 Å². The highest BCUT2D eigenvalue weighted by Crippen LogP contribution is 2.26. The smallest absolute Gasteiger partial charge is 0.271 e. The van der Waals surface area contributed by atoms with Crippen molar-refractivity contribution in [2.75, 3.05) is 43.1 Å². The second-order valence-electron chi connectivity index (χ2n) is 5.46. The van der Waals surface area contributed by atoms with Gasteiger partial charge in [0.2, 0.25) is 5.82 Å². The van der Waals surface area contributed by atoms with Crippen LogP contribution in [0.3, 0.4) is 0 Å². The number of amides is 1. The van der Waals surface area contributed by atoms with E-state index in [9.17, 15) is 9.59 Å². The Balaban J connectivity index is 1.54. The van der Waals surface area contributed by atoms with Gasteiger partial charge >= 0.3 is 0 Å². The zero-order valence-electron chi connectivity index (χ0n) is 13.7. The van der Waals surface area contributed by atoms with E-state index in [1.165, 1.54) is 6.92 Å². The van der Waals surface area contributed by atoms with Gasteiger partial charge in [-0.3, -0.25) is 9.59 Å². The fourth-order valence-electron chi connectivity index (χ4n) is 2.35. The molecule has 8 nitrogen and oxygen atoms in total. The van der Waals surface area contributed by atoms with Crippen molar-refractivity contribution in [2.24, 2.45) is 0 Å². The summed E-state index contributed by atoms with van der Waals surface area (Å²) in [7, 11) is 0. The zero-order valence-corrected chi connectivity index (χ0v) is 14.5. The van der Waals surface area contributed by atoms with E-state index in [-0.39, 0.29) is 18.3 Å². The molecule has 1 saturated heterocycles. The minimum atomic E-state index is -0.309. The quantitative estimate of drug-likeness (QED) is 0.780.